The maximum Gasteiger partial charge on any atom is 0.162 e. The summed E-state index contributed by atoms with van der Waals surface area (Å²) in [4.78, 5) is 10.3. The average molecular weight is 641 g/mol. The Morgan fingerprint density at radius 3 is 1.88 bits per heavy atom. The highest BCUT2D eigenvalue weighted by molar-refractivity contribution is 6.09. The van der Waals surface area contributed by atoms with Crippen LogP contribution in [0.4, 0.5) is 0 Å². The molecule has 0 N–H and O–H groups in total. The molecule has 0 spiro atoms. The van der Waals surface area contributed by atoms with Crippen LogP contribution in [-0.2, 0) is 6.42 Å². The maximum atomic E-state index is 5.21. The van der Waals surface area contributed by atoms with E-state index in [0.717, 1.165) is 34.6 Å². The number of hydrogen-bond acceptors (Lipinski definition) is 2. The molecule has 0 bridgehead atoms. The topological polar surface area (TPSA) is 35.6 Å². The minimum atomic E-state index is 0.246. The van der Waals surface area contributed by atoms with Crippen LogP contribution in [-0.4, -0.2) is 19.1 Å². The molecule has 10 rings (SSSR count). The van der Waals surface area contributed by atoms with Gasteiger partial charge in [-0.25, -0.2) is 9.97 Å². The molecule has 4 nitrogen and oxygen atoms in total. The zero-order valence-corrected chi connectivity index (χ0v) is 27.3. The summed E-state index contributed by atoms with van der Waals surface area (Å²) in [5.74, 6) is 1.83. The van der Waals surface area contributed by atoms with E-state index in [4.69, 9.17) is 9.97 Å². The predicted octanol–water partition coefficient (Wildman–Crippen LogP) is 11.2. The Balaban J connectivity index is 1.11. The molecular weight excluding hydrogens is 609 g/mol. The van der Waals surface area contributed by atoms with Crippen LogP contribution in [0.25, 0.3) is 72.9 Å². The van der Waals surface area contributed by atoms with Gasteiger partial charge in [-0.05, 0) is 60.0 Å². The van der Waals surface area contributed by atoms with Crippen LogP contribution in [0.1, 0.15) is 22.7 Å². The fraction of sp³-hybridized carbons (Fsp3) is 0.0435. The lowest BCUT2D eigenvalue weighted by Gasteiger charge is -2.20. The van der Waals surface area contributed by atoms with E-state index in [-0.39, 0.29) is 5.92 Å². The van der Waals surface area contributed by atoms with Crippen molar-refractivity contribution >= 4 is 38.8 Å². The summed E-state index contributed by atoms with van der Waals surface area (Å²) in [6, 6.07) is 58.0. The number of fused-ring (bicyclic) bond motifs is 6. The van der Waals surface area contributed by atoms with Gasteiger partial charge in [-0.15, -0.1) is 0 Å². The van der Waals surface area contributed by atoms with E-state index in [0.29, 0.717) is 5.82 Å². The molecule has 1 unspecified atom stereocenters. The number of hydrogen-bond donors (Lipinski definition) is 0. The molecule has 4 heteroatoms. The van der Waals surface area contributed by atoms with E-state index in [9.17, 15) is 0 Å². The first-order valence-corrected chi connectivity index (χ1v) is 17.2. The molecule has 0 aliphatic heterocycles. The lowest BCUT2D eigenvalue weighted by atomic mass is 9.86. The van der Waals surface area contributed by atoms with Crippen molar-refractivity contribution in [1.29, 1.82) is 0 Å². The third kappa shape index (κ3) is 4.61. The predicted molar refractivity (Wildman–Crippen MR) is 206 cm³/mol. The number of allylic oxidation sites excluding steroid dienone is 1. The molecule has 3 aromatic heterocycles. The second kappa shape index (κ2) is 11.6. The molecule has 6 aromatic carbocycles. The lowest BCUT2D eigenvalue weighted by molar-refractivity contribution is 0.824. The molecule has 0 amide bonds. The van der Waals surface area contributed by atoms with Gasteiger partial charge in [-0.2, -0.15) is 0 Å². The number of benzene rings is 6. The summed E-state index contributed by atoms with van der Waals surface area (Å²) in [6.45, 7) is 0. The second-order valence-corrected chi connectivity index (χ2v) is 13.0. The molecule has 50 heavy (non-hydrogen) atoms. The van der Waals surface area contributed by atoms with Crippen molar-refractivity contribution in [1.82, 2.24) is 19.1 Å². The lowest BCUT2D eigenvalue weighted by Crippen LogP contribution is -2.09. The Labute approximate surface area is 290 Å². The number of aromatic nitrogens is 4. The first kappa shape index (κ1) is 28.5. The zero-order valence-electron chi connectivity index (χ0n) is 27.3. The van der Waals surface area contributed by atoms with Gasteiger partial charge in [0.2, 0.25) is 0 Å². The van der Waals surface area contributed by atoms with E-state index < -0.39 is 0 Å². The molecule has 0 radical (unpaired) electrons. The molecule has 3 heterocycles. The molecule has 1 aliphatic rings. The number of nitrogens with zero attached hydrogens (tertiary/aromatic N) is 4. The van der Waals surface area contributed by atoms with Gasteiger partial charge in [0.1, 0.15) is 5.82 Å². The fourth-order valence-corrected chi connectivity index (χ4v) is 7.79. The molecule has 236 valence electrons. The Morgan fingerprint density at radius 1 is 0.500 bits per heavy atom. The molecule has 0 saturated carbocycles. The van der Waals surface area contributed by atoms with Gasteiger partial charge in [0.25, 0.3) is 0 Å². The molecular formula is C46H32N4. The van der Waals surface area contributed by atoms with E-state index in [1.807, 2.05) is 24.3 Å². The van der Waals surface area contributed by atoms with Crippen molar-refractivity contribution in [3.63, 3.8) is 0 Å². The van der Waals surface area contributed by atoms with Crippen LogP contribution < -0.4 is 0 Å². The van der Waals surface area contributed by atoms with Crippen LogP contribution in [0.2, 0.25) is 0 Å². The zero-order chi connectivity index (χ0) is 33.0. The van der Waals surface area contributed by atoms with Gasteiger partial charge >= 0.3 is 0 Å². The summed E-state index contributed by atoms with van der Waals surface area (Å²) in [5.41, 5.74) is 11.6. The van der Waals surface area contributed by atoms with Crippen LogP contribution in [0, 0.1) is 0 Å². The van der Waals surface area contributed by atoms with Crippen molar-refractivity contribution in [2.75, 3.05) is 0 Å². The van der Waals surface area contributed by atoms with Crippen LogP contribution in [0.3, 0.4) is 0 Å². The highest BCUT2D eigenvalue weighted by Gasteiger charge is 2.25. The number of rotatable bonds is 5. The van der Waals surface area contributed by atoms with E-state index in [1.165, 1.54) is 49.7 Å². The first-order valence-electron chi connectivity index (χ1n) is 17.2. The molecule has 9 aromatic rings. The van der Waals surface area contributed by atoms with Crippen molar-refractivity contribution < 1.29 is 0 Å². The minimum Gasteiger partial charge on any atom is -0.309 e. The normalized spacial score (nSPS) is 14.0. The highest BCUT2D eigenvalue weighted by atomic mass is 15.1. The Bertz CT molecular complexity index is 2660. The fourth-order valence-electron chi connectivity index (χ4n) is 7.79. The quantitative estimate of drug-likeness (QED) is 0.188. The molecule has 1 aliphatic carbocycles. The van der Waals surface area contributed by atoms with Crippen LogP contribution >= 0.6 is 0 Å². The monoisotopic (exact) mass is 640 g/mol. The smallest absolute Gasteiger partial charge is 0.162 e. The molecule has 1 atom stereocenters. The van der Waals surface area contributed by atoms with Crippen molar-refractivity contribution in [2.45, 2.75) is 12.3 Å². The van der Waals surface area contributed by atoms with Gasteiger partial charge in [-0.3, -0.25) is 4.57 Å². The summed E-state index contributed by atoms with van der Waals surface area (Å²) in [6.07, 6.45) is 5.60. The highest BCUT2D eigenvalue weighted by Crippen LogP contribution is 2.41. The molecule has 0 fully saturated rings. The van der Waals surface area contributed by atoms with E-state index >= 15 is 0 Å². The standard InChI is InChI=1S/C46H32N4/c1-4-14-31(15-5-1)40-30-45(48-46(47-40)32-16-6-2-7-17-32)50-42-23-13-11-21-37(42)39-29-34(25-27-44(39)50)33-24-26-43-38(28-33)36-20-10-12-22-41(36)49(43)35-18-8-3-9-19-35/h1-28,30,34H,29H2. The van der Waals surface area contributed by atoms with E-state index in [1.54, 1.807) is 0 Å². The second-order valence-electron chi connectivity index (χ2n) is 13.0. The van der Waals surface area contributed by atoms with E-state index in [2.05, 4.69) is 161 Å². The van der Waals surface area contributed by atoms with Gasteiger partial charge in [-0.1, -0.05) is 127 Å². The average Bonchev–Trinajstić information content (AvgIpc) is 3.71. The number of para-hydroxylation sites is 3. The van der Waals surface area contributed by atoms with Crippen molar-refractivity contribution in [3.8, 4) is 34.2 Å². The maximum absolute atomic E-state index is 5.21. The van der Waals surface area contributed by atoms with Crippen LogP contribution in [0.15, 0.2) is 170 Å². The van der Waals surface area contributed by atoms with Crippen LogP contribution in [0.5, 0.6) is 0 Å². The Kier molecular flexibility index (Phi) is 6.59. The first-order chi connectivity index (χ1) is 24.8. The van der Waals surface area contributed by atoms with Gasteiger partial charge < -0.3 is 4.57 Å². The van der Waals surface area contributed by atoms with Crippen molar-refractivity contribution in [2.24, 2.45) is 0 Å². The van der Waals surface area contributed by atoms with Crippen molar-refractivity contribution in [3.05, 3.63) is 187 Å². The minimum absolute atomic E-state index is 0.246. The Morgan fingerprint density at radius 2 is 1.12 bits per heavy atom. The Hall–Kier alpha value is -6.52. The van der Waals surface area contributed by atoms with Gasteiger partial charge in [0, 0.05) is 45.0 Å². The summed E-state index contributed by atoms with van der Waals surface area (Å²) in [5, 5.41) is 3.82. The third-order valence-corrected chi connectivity index (χ3v) is 10.1. The van der Waals surface area contributed by atoms with Gasteiger partial charge in [0.05, 0.1) is 27.9 Å². The third-order valence-electron chi connectivity index (χ3n) is 10.1. The summed E-state index contributed by atoms with van der Waals surface area (Å²) in [7, 11) is 0. The summed E-state index contributed by atoms with van der Waals surface area (Å²) < 4.78 is 4.71. The summed E-state index contributed by atoms with van der Waals surface area (Å²) >= 11 is 0. The molecule has 0 saturated heterocycles. The SMILES string of the molecule is C1=CC(c2ccc3c(c2)c2ccccc2n3-c2ccccc2)Cc2c1n(-c1cc(-c3ccccc3)nc(-c3ccccc3)n1)c1ccccc21. The largest absolute Gasteiger partial charge is 0.309 e. The van der Waals surface area contributed by atoms with Gasteiger partial charge in [0.15, 0.2) is 5.82 Å².